The highest BCUT2D eigenvalue weighted by atomic mass is 16.2. The molecule has 0 spiro atoms. The summed E-state index contributed by atoms with van der Waals surface area (Å²) >= 11 is 0. The van der Waals surface area contributed by atoms with Crippen LogP contribution in [0.4, 0.5) is 0 Å². The number of benzene rings is 1. The molecule has 1 aliphatic rings. The predicted molar refractivity (Wildman–Crippen MR) is 77.7 cm³/mol. The molecule has 1 fully saturated rings. The Morgan fingerprint density at radius 2 is 2.10 bits per heavy atom. The van der Waals surface area contributed by atoms with E-state index in [0.29, 0.717) is 18.2 Å². The first kappa shape index (κ1) is 12.9. The van der Waals surface area contributed by atoms with E-state index in [-0.39, 0.29) is 5.91 Å². The molecule has 3 rings (SSSR count). The summed E-state index contributed by atoms with van der Waals surface area (Å²) in [6, 6.07) is 7.80. The molecule has 1 saturated carbocycles. The molecule has 0 bridgehead atoms. The molecule has 1 aromatic heterocycles. The zero-order valence-corrected chi connectivity index (χ0v) is 11.3. The number of hydrogen-bond acceptors (Lipinski definition) is 2. The van der Waals surface area contributed by atoms with Crippen molar-refractivity contribution in [3.63, 3.8) is 0 Å². The average molecular weight is 270 g/mol. The van der Waals surface area contributed by atoms with Gasteiger partial charge >= 0.3 is 0 Å². The summed E-state index contributed by atoms with van der Waals surface area (Å²) in [6.45, 7) is 0.308. The maximum atomic E-state index is 12.1. The van der Waals surface area contributed by atoms with E-state index in [4.69, 9.17) is 0 Å². The van der Waals surface area contributed by atoms with Crippen molar-refractivity contribution in [3.8, 4) is 0 Å². The standard InChI is InChI=1S/C16H18N2O2/c19-11-12-4-3-7-15-14(12)8-9-18(15)10-16(20)17-13-5-1-2-6-13/h3-4,7-9,11,13H,1-2,5-6,10H2,(H,17,20). The molecule has 1 aromatic carbocycles. The number of carbonyl (C=O) groups excluding carboxylic acids is 2. The van der Waals surface area contributed by atoms with Gasteiger partial charge < -0.3 is 9.88 Å². The Bertz CT molecular complexity index is 639. The highest BCUT2D eigenvalue weighted by Gasteiger charge is 2.17. The normalized spacial score (nSPS) is 15.6. The van der Waals surface area contributed by atoms with Crippen LogP contribution in [0.5, 0.6) is 0 Å². The molecule has 1 N–H and O–H groups in total. The van der Waals surface area contributed by atoms with Gasteiger partial charge in [-0.1, -0.05) is 25.0 Å². The maximum Gasteiger partial charge on any atom is 0.240 e. The minimum atomic E-state index is 0.0471. The highest BCUT2D eigenvalue weighted by molar-refractivity contribution is 5.97. The van der Waals surface area contributed by atoms with Crippen molar-refractivity contribution in [2.75, 3.05) is 0 Å². The van der Waals surface area contributed by atoms with E-state index in [2.05, 4.69) is 5.32 Å². The first-order chi connectivity index (χ1) is 9.78. The van der Waals surface area contributed by atoms with E-state index < -0.39 is 0 Å². The lowest BCUT2D eigenvalue weighted by molar-refractivity contribution is -0.122. The van der Waals surface area contributed by atoms with E-state index in [9.17, 15) is 9.59 Å². The third-order valence-electron chi connectivity index (χ3n) is 4.01. The zero-order valence-electron chi connectivity index (χ0n) is 11.3. The fourth-order valence-electron chi connectivity index (χ4n) is 2.99. The van der Waals surface area contributed by atoms with Crippen molar-refractivity contribution >= 4 is 23.1 Å². The van der Waals surface area contributed by atoms with Gasteiger partial charge in [0.15, 0.2) is 6.29 Å². The molecular weight excluding hydrogens is 252 g/mol. The van der Waals surface area contributed by atoms with Gasteiger partial charge in [-0.05, 0) is 25.0 Å². The van der Waals surface area contributed by atoms with E-state index in [1.165, 1.54) is 12.8 Å². The fourth-order valence-corrected chi connectivity index (χ4v) is 2.99. The molecule has 104 valence electrons. The minimum absolute atomic E-state index is 0.0471. The Labute approximate surface area is 117 Å². The summed E-state index contributed by atoms with van der Waals surface area (Å²) < 4.78 is 1.90. The van der Waals surface area contributed by atoms with Crippen molar-refractivity contribution in [1.29, 1.82) is 0 Å². The number of fused-ring (bicyclic) bond motifs is 1. The molecule has 0 saturated heterocycles. The number of carbonyl (C=O) groups is 2. The van der Waals surface area contributed by atoms with Crippen molar-refractivity contribution in [3.05, 3.63) is 36.0 Å². The van der Waals surface area contributed by atoms with Gasteiger partial charge in [-0.3, -0.25) is 9.59 Å². The van der Waals surface area contributed by atoms with E-state index >= 15 is 0 Å². The molecule has 0 unspecified atom stereocenters. The van der Waals surface area contributed by atoms with Crippen LogP contribution in [-0.2, 0) is 11.3 Å². The van der Waals surface area contributed by atoms with Crippen LogP contribution in [0.1, 0.15) is 36.0 Å². The number of hydrogen-bond donors (Lipinski definition) is 1. The van der Waals surface area contributed by atoms with Gasteiger partial charge in [0.2, 0.25) is 5.91 Å². The van der Waals surface area contributed by atoms with Gasteiger partial charge in [0.05, 0.1) is 0 Å². The van der Waals surface area contributed by atoms with Crippen molar-refractivity contribution < 1.29 is 9.59 Å². The Kier molecular flexibility index (Phi) is 3.54. The smallest absolute Gasteiger partial charge is 0.240 e. The van der Waals surface area contributed by atoms with Crippen molar-refractivity contribution in [2.45, 2.75) is 38.3 Å². The molecule has 20 heavy (non-hydrogen) atoms. The van der Waals surface area contributed by atoms with Crippen LogP contribution in [0, 0.1) is 0 Å². The van der Waals surface area contributed by atoms with Gasteiger partial charge in [-0.15, -0.1) is 0 Å². The quantitative estimate of drug-likeness (QED) is 0.868. The molecule has 0 radical (unpaired) electrons. The molecule has 2 aromatic rings. The number of nitrogens with one attached hydrogen (secondary N) is 1. The number of nitrogens with zero attached hydrogens (tertiary/aromatic N) is 1. The summed E-state index contributed by atoms with van der Waals surface area (Å²) in [4.78, 5) is 23.1. The highest BCUT2D eigenvalue weighted by Crippen LogP contribution is 2.20. The number of rotatable bonds is 4. The number of amides is 1. The van der Waals surface area contributed by atoms with Crippen molar-refractivity contribution in [1.82, 2.24) is 9.88 Å². The zero-order chi connectivity index (χ0) is 13.9. The Hall–Kier alpha value is -2.10. The fraction of sp³-hybridized carbons (Fsp3) is 0.375. The second kappa shape index (κ2) is 5.49. The Balaban J connectivity index is 1.77. The first-order valence-electron chi connectivity index (χ1n) is 7.10. The summed E-state index contributed by atoms with van der Waals surface area (Å²) in [5.41, 5.74) is 1.59. The number of aromatic nitrogens is 1. The van der Waals surface area contributed by atoms with Crippen LogP contribution in [-0.4, -0.2) is 22.8 Å². The average Bonchev–Trinajstić information content (AvgIpc) is 3.09. The van der Waals surface area contributed by atoms with Crippen LogP contribution in [0.25, 0.3) is 10.9 Å². The van der Waals surface area contributed by atoms with E-state index in [0.717, 1.165) is 30.0 Å². The Morgan fingerprint density at radius 3 is 2.85 bits per heavy atom. The summed E-state index contributed by atoms with van der Waals surface area (Å²) in [6.07, 6.45) is 7.32. The van der Waals surface area contributed by atoms with Gasteiger partial charge in [0, 0.05) is 28.7 Å². The molecule has 4 nitrogen and oxygen atoms in total. The summed E-state index contributed by atoms with van der Waals surface area (Å²) in [5, 5.41) is 3.98. The van der Waals surface area contributed by atoms with E-state index in [1.807, 2.05) is 29.0 Å². The lowest BCUT2D eigenvalue weighted by Gasteiger charge is -2.12. The first-order valence-corrected chi connectivity index (χ1v) is 7.10. The molecule has 1 heterocycles. The monoisotopic (exact) mass is 270 g/mol. The maximum absolute atomic E-state index is 12.1. The lowest BCUT2D eigenvalue weighted by Crippen LogP contribution is -2.35. The van der Waals surface area contributed by atoms with Gasteiger partial charge in [0.1, 0.15) is 6.54 Å². The second-order valence-electron chi connectivity index (χ2n) is 5.39. The van der Waals surface area contributed by atoms with Crippen LogP contribution in [0.15, 0.2) is 30.5 Å². The van der Waals surface area contributed by atoms with Crippen LogP contribution in [0.2, 0.25) is 0 Å². The van der Waals surface area contributed by atoms with Crippen LogP contribution < -0.4 is 5.32 Å². The molecule has 4 heteroatoms. The summed E-state index contributed by atoms with van der Waals surface area (Å²) in [5.74, 6) is 0.0471. The second-order valence-corrected chi connectivity index (χ2v) is 5.39. The van der Waals surface area contributed by atoms with Gasteiger partial charge in [-0.2, -0.15) is 0 Å². The summed E-state index contributed by atoms with van der Waals surface area (Å²) in [7, 11) is 0. The minimum Gasteiger partial charge on any atom is -0.352 e. The number of aldehydes is 1. The third kappa shape index (κ3) is 2.46. The van der Waals surface area contributed by atoms with E-state index in [1.54, 1.807) is 6.07 Å². The largest absolute Gasteiger partial charge is 0.352 e. The molecule has 1 amide bonds. The van der Waals surface area contributed by atoms with Gasteiger partial charge in [0.25, 0.3) is 0 Å². The molecule has 1 aliphatic carbocycles. The SMILES string of the molecule is O=Cc1cccc2c1ccn2CC(=O)NC1CCCC1. The Morgan fingerprint density at radius 1 is 1.30 bits per heavy atom. The molecule has 0 atom stereocenters. The van der Waals surface area contributed by atoms with Crippen LogP contribution in [0.3, 0.4) is 0 Å². The lowest BCUT2D eigenvalue weighted by atomic mass is 10.1. The van der Waals surface area contributed by atoms with Gasteiger partial charge in [-0.25, -0.2) is 0 Å². The third-order valence-corrected chi connectivity index (χ3v) is 4.01. The van der Waals surface area contributed by atoms with Crippen LogP contribution >= 0.6 is 0 Å². The predicted octanol–water partition coefficient (Wildman–Crippen LogP) is 2.51. The topological polar surface area (TPSA) is 51.1 Å². The molecule has 0 aliphatic heterocycles. The van der Waals surface area contributed by atoms with Crippen molar-refractivity contribution in [2.24, 2.45) is 0 Å². The molecular formula is C16H18N2O2.